The van der Waals surface area contributed by atoms with Gasteiger partial charge < -0.3 is 10.2 Å². The van der Waals surface area contributed by atoms with Gasteiger partial charge in [-0.25, -0.2) is 0 Å². The first kappa shape index (κ1) is 34.6. The highest BCUT2D eigenvalue weighted by Crippen LogP contribution is 2.10. The number of carboxylic acids is 2. The number of allylic oxidation sites excluding steroid dienone is 4. The van der Waals surface area contributed by atoms with Gasteiger partial charge in [0.2, 0.25) is 0 Å². The average Bonchev–Trinajstić information content (AvgIpc) is 2.80. The van der Waals surface area contributed by atoms with Crippen molar-refractivity contribution in [3.63, 3.8) is 0 Å². The Bertz CT molecular complexity index is 482. The van der Waals surface area contributed by atoms with Crippen molar-refractivity contribution in [2.45, 2.75) is 155 Å². The normalized spacial score (nSPS) is 11.1. The topological polar surface area (TPSA) is 74.6 Å². The Labute approximate surface area is 211 Å². The highest BCUT2D eigenvalue weighted by molar-refractivity contribution is 5.66. The number of hydrogen-bond donors (Lipinski definition) is 2. The SMILES string of the molecule is CCCCC/C=C\C/C=C\CCCCCCCC(=O)O.CCCCCCCCCCCC(=O)O. The molecular weight excluding hydrogens is 424 g/mol. The zero-order valence-corrected chi connectivity index (χ0v) is 22.6. The van der Waals surface area contributed by atoms with Crippen LogP contribution in [0.15, 0.2) is 24.3 Å². The Morgan fingerprint density at radius 3 is 1.21 bits per heavy atom. The van der Waals surface area contributed by atoms with Gasteiger partial charge >= 0.3 is 11.9 Å². The summed E-state index contributed by atoms with van der Waals surface area (Å²) in [5, 5.41) is 16.9. The molecule has 0 aliphatic heterocycles. The van der Waals surface area contributed by atoms with Crippen molar-refractivity contribution in [1.29, 1.82) is 0 Å². The zero-order chi connectivity index (χ0) is 25.5. The van der Waals surface area contributed by atoms with Crippen molar-refractivity contribution in [1.82, 2.24) is 0 Å². The number of hydrogen-bond acceptors (Lipinski definition) is 2. The van der Waals surface area contributed by atoms with E-state index in [4.69, 9.17) is 10.2 Å². The number of aliphatic carboxylic acids is 2. The molecule has 0 aromatic heterocycles. The van der Waals surface area contributed by atoms with Crippen LogP contribution >= 0.6 is 0 Å². The molecule has 0 aliphatic rings. The van der Waals surface area contributed by atoms with E-state index < -0.39 is 11.9 Å². The summed E-state index contributed by atoms with van der Waals surface area (Å²) in [5.41, 5.74) is 0. The first-order chi connectivity index (χ1) is 16.5. The highest BCUT2D eigenvalue weighted by Gasteiger charge is 1.97. The van der Waals surface area contributed by atoms with Crippen molar-refractivity contribution in [2.24, 2.45) is 0 Å². The molecule has 0 rings (SSSR count). The maximum absolute atomic E-state index is 10.3. The van der Waals surface area contributed by atoms with E-state index in [1.54, 1.807) is 0 Å². The molecule has 0 spiro atoms. The molecule has 0 bridgehead atoms. The fourth-order valence-corrected chi connectivity index (χ4v) is 3.67. The monoisotopic (exact) mass is 480 g/mol. The van der Waals surface area contributed by atoms with Crippen LogP contribution in [-0.2, 0) is 9.59 Å². The second-order valence-corrected chi connectivity index (χ2v) is 9.35. The molecule has 0 aliphatic carbocycles. The molecule has 0 fully saturated rings. The second kappa shape index (κ2) is 31.4. The van der Waals surface area contributed by atoms with Gasteiger partial charge in [-0.1, -0.05) is 122 Å². The fraction of sp³-hybridized carbons (Fsp3) is 0.800. The van der Waals surface area contributed by atoms with Crippen molar-refractivity contribution in [3.8, 4) is 0 Å². The van der Waals surface area contributed by atoms with Crippen molar-refractivity contribution >= 4 is 11.9 Å². The molecule has 34 heavy (non-hydrogen) atoms. The molecule has 0 heterocycles. The largest absolute Gasteiger partial charge is 0.481 e. The van der Waals surface area contributed by atoms with Crippen LogP contribution in [0.2, 0.25) is 0 Å². The van der Waals surface area contributed by atoms with Gasteiger partial charge in [-0.2, -0.15) is 0 Å². The Morgan fingerprint density at radius 1 is 0.471 bits per heavy atom. The smallest absolute Gasteiger partial charge is 0.303 e. The lowest BCUT2D eigenvalue weighted by atomic mass is 10.1. The second-order valence-electron chi connectivity index (χ2n) is 9.35. The Morgan fingerprint density at radius 2 is 0.794 bits per heavy atom. The van der Waals surface area contributed by atoms with E-state index in [1.807, 2.05) is 0 Å². The van der Waals surface area contributed by atoms with E-state index in [-0.39, 0.29) is 0 Å². The summed E-state index contributed by atoms with van der Waals surface area (Å²) in [4.78, 5) is 20.5. The van der Waals surface area contributed by atoms with Crippen molar-refractivity contribution in [3.05, 3.63) is 24.3 Å². The quantitative estimate of drug-likeness (QED) is 0.106. The highest BCUT2D eigenvalue weighted by atomic mass is 16.4. The minimum absolute atomic E-state index is 0.324. The van der Waals surface area contributed by atoms with Crippen LogP contribution in [0.25, 0.3) is 0 Å². The summed E-state index contributed by atoms with van der Waals surface area (Å²) in [6.45, 7) is 4.46. The summed E-state index contributed by atoms with van der Waals surface area (Å²) in [5.74, 6) is -1.33. The number of rotatable bonds is 24. The van der Waals surface area contributed by atoms with Crippen LogP contribution in [0.3, 0.4) is 0 Å². The van der Waals surface area contributed by atoms with E-state index in [0.29, 0.717) is 12.8 Å². The van der Waals surface area contributed by atoms with Gasteiger partial charge in [0, 0.05) is 12.8 Å². The number of carbonyl (C=O) groups is 2. The summed E-state index contributed by atoms with van der Waals surface area (Å²) in [6.07, 6.45) is 33.8. The van der Waals surface area contributed by atoms with Gasteiger partial charge in [-0.3, -0.25) is 9.59 Å². The van der Waals surface area contributed by atoms with E-state index in [2.05, 4.69) is 38.2 Å². The predicted octanol–water partition coefficient (Wildman–Crippen LogP) is 9.88. The lowest BCUT2D eigenvalue weighted by molar-refractivity contribution is -0.138. The number of unbranched alkanes of at least 4 members (excludes halogenated alkanes) is 16. The first-order valence-corrected chi connectivity index (χ1v) is 14.3. The molecule has 4 heteroatoms. The van der Waals surface area contributed by atoms with E-state index >= 15 is 0 Å². The van der Waals surface area contributed by atoms with Gasteiger partial charge in [-0.05, 0) is 44.9 Å². The number of carboxylic acid groups (broad SMARTS) is 2. The maximum atomic E-state index is 10.3. The lowest BCUT2D eigenvalue weighted by Crippen LogP contribution is -1.93. The molecule has 0 unspecified atom stereocenters. The Balaban J connectivity index is 0. The van der Waals surface area contributed by atoms with Crippen molar-refractivity contribution < 1.29 is 19.8 Å². The fourth-order valence-electron chi connectivity index (χ4n) is 3.67. The van der Waals surface area contributed by atoms with Crippen LogP contribution in [-0.4, -0.2) is 22.2 Å². The van der Waals surface area contributed by atoms with Gasteiger partial charge in [0.05, 0.1) is 0 Å². The summed E-state index contributed by atoms with van der Waals surface area (Å²) in [6, 6.07) is 0. The van der Waals surface area contributed by atoms with Gasteiger partial charge in [0.1, 0.15) is 0 Å². The van der Waals surface area contributed by atoms with Crippen LogP contribution < -0.4 is 0 Å². The molecule has 0 saturated heterocycles. The van der Waals surface area contributed by atoms with Crippen LogP contribution in [0, 0.1) is 0 Å². The minimum atomic E-state index is -0.671. The molecule has 0 atom stereocenters. The van der Waals surface area contributed by atoms with Gasteiger partial charge in [0.25, 0.3) is 0 Å². The van der Waals surface area contributed by atoms with Crippen LogP contribution in [0.5, 0.6) is 0 Å². The summed E-state index contributed by atoms with van der Waals surface area (Å²) >= 11 is 0. The minimum Gasteiger partial charge on any atom is -0.481 e. The summed E-state index contributed by atoms with van der Waals surface area (Å²) in [7, 11) is 0. The van der Waals surface area contributed by atoms with E-state index in [1.165, 1.54) is 89.9 Å². The Kier molecular flexibility index (Phi) is 32.0. The van der Waals surface area contributed by atoms with E-state index in [9.17, 15) is 9.59 Å². The molecule has 2 N–H and O–H groups in total. The molecule has 4 nitrogen and oxygen atoms in total. The van der Waals surface area contributed by atoms with E-state index in [0.717, 1.165) is 38.5 Å². The van der Waals surface area contributed by atoms with Crippen LogP contribution in [0.4, 0.5) is 0 Å². The molecule has 200 valence electrons. The molecule has 0 aromatic rings. The maximum Gasteiger partial charge on any atom is 0.303 e. The third-order valence-electron chi connectivity index (χ3n) is 5.84. The van der Waals surface area contributed by atoms with Crippen LogP contribution in [0.1, 0.15) is 155 Å². The molecule has 0 radical (unpaired) electrons. The third kappa shape index (κ3) is 37.7. The average molecular weight is 481 g/mol. The first-order valence-electron chi connectivity index (χ1n) is 14.3. The van der Waals surface area contributed by atoms with Gasteiger partial charge in [0.15, 0.2) is 0 Å². The zero-order valence-electron chi connectivity index (χ0n) is 22.6. The lowest BCUT2D eigenvalue weighted by Gasteiger charge is -2.00. The molecule has 0 saturated carbocycles. The molecule has 0 amide bonds. The third-order valence-corrected chi connectivity index (χ3v) is 5.84. The predicted molar refractivity (Wildman–Crippen MR) is 146 cm³/mol. The summed E-state index contributed by atoms with van der Waals surface area (Å²) < 4.78 is 0. The molecular formula is C30H56O4. The standard InChI is InChI=1S/C18H32O2.C12H24O2/c1-2-3-4-5-6-7-8-9-10-11-12-13-14-15-16-17-18(19)20;1-2-3-4-5-6-7-8-9-10-11-12(13)14/h6-7,9-10H,2-5,8,11-17H2,1H3,(H,19,20);2-11H2,1H3,(H,13,14)/b7-6-,10-9-;. The molecule has 0 aromatic carbocycles. The Hall–Kier alpha value is -1.58. The van der Waals surface area contributed by atoms with Crippen molar-refractivity contribution in [2.75, 3.05) is 0 Å². The van der Waals surface area contributed by atoms with Gasteiger partial charge in [-0.15, -0.1) is 0 Å².